The van der Waals surface area contributed by atoms with Gasteiger partial charge >= 0.3 is 0 Å². The van der Waals surface area contributed by atoms with Gasteiger partial charge in [0, 0.05) is 12.1 Å². The highest BCUT2D eigenvalue weighted by Gasteiger charge is 2.13. The topological polar surface area (TPSA) is 50.8 Å². The molecule has 1 aliphatic carbocycles. The van der Waals surface area contributed by atoms with Gasteiger partial charge in [-0.2, -0.15) is 4.99 Å². The van der Waals surface area contributed by atoms with Gasteiger partial charge in [-0.15, -0.1) is 0 Å². The van der Waals surface area contributed by atoms with Crippen LogP contribution in [-0.2, 0) is 19.3 Å². The highest BCUT2D eigenvalue weighted by atomic mass is 32.1. The van der Waals surface area contributed by atoms with Crippen molar-refractivity contribution in [2.24, 2.45) is 10.7 Å². The number of hydrogen-bond acceptors (Lipinski definition) is 3. The molecule has 4 nitrogen and oxygen atoms in total. The van der Waals surface area contributed by atoms with E-state index in [9.17, 15) is 0 Å². The Hall–Kier alpha value is -2.24. The largest absolute Gasteiger partial charge is 0.430 e. The Kier molecular flexibility index (Phi) is 7.04. The Balaban J connectivity index is 1.69. The van der Waals surface area contributed by atoms with Crippen LogP contribution in [0, 0.1) is 13.8 Å². The van der Waals surface area contributed by atoms with Gasteiger partial charge < -0.3 is 15.4 Å². The summed E-state index contributed by atoms with van der Waals surface area (Å²) in [5.74, 6) is 1.14. The van der Waals surface area contributed by atoms with Crippen molar-refractivity contribution in [1.29, 1.82) is 0 Å². The lowest BCUT2D eigenvalue weighted by atomic mass is 10.0. The molecule has 0 fully saturated rings. The average molecular weight is 410 g/mol. The van der Waals surface area contributed by atoms with Gasteiger partial charge in [0.15, 0.2) is 0 Å². The van der Waals surface area contributed by atoms with Crippen molar-refractivity contribution in [3.63, 3.8) is 0 Å². The van der Waals surface area contributed by atoms with Crippen LogP contribution >= 0.6 is 12.2 Å². The standard InChI is InChI=1S/C24H31N3OS/c1-5-27(4)12-11-19-13-17(3)22(14-16(19)2)28-24(29)26-23(25)21-10-9-18-7-6-8-20(18)15-21/h9-10,13-15H,5-8,11-12H2,1-4H3,(H2,25,26,29). The van der Waals surface area contributed by atoms with Crippen molar-refractivity contribution < 1.29 is 4.74 Å². The molecule has 0 amide bonds. The maximum atomic E-state index is 6.19. The summed E-state index contributed by atoms with van der Waals surface area (Å²) in [6.45, 7) is 8.41. The SMILES string of the molecule is CCN(C)CCc1cc(C)c(OC(=S)N=C(N)c2ccc3c(c2)CCC3)cc1C. The van der Waals surface area contributed by atoms with E-state index in [1.54, 1.807) is 0 Å². The number of rotatable bonds is 6. The van der Waals surface area contributed by atoms with Gasteiger partial charge in [-0.05, 0) is 105 Å². The van der Waals surface area contributed by atoms with Crippen LogP contribution in [0.1, 0.15) is 46.7 Å². The zero-order valence-corrected chi connectivity index (χ0v) is 18.7. The molecule has 0 unspecified atom stereocenters. The van der Waals surface area contributed by atoms with Gasteiger partial charge in [0.25, 0.3) is 5.17 Å². The monoisotopic (exact) mass is 409 g/mol. The second-order valence-corrected chi connectivity index (χ2v) is 8.24. The highest BCUT2D eigenvalue weighted by molar-refractivity contribution is 7.80. The number of likely N-dealkylation sites (N-methyl/N-ethyl adjacent to an activating group) is 1. The molecular formula is C24H31N3OS. The van der Waals surface area contributed by atoms with E-state index in [1.165, 1.54) is 28.7 Å². The summed E-state index contributed by atoms with van der Waals surface area (Å²) in [5, 5.41) is 0.143. The molecule has 0 bridgehead atoms. The second-order valence-electron chi connectivity index (χ2n) is 7.89. The summed E-state index contributed by atoms with van der Waals surface area (Å²) < 4.78 is 5.87. The zero-order chi connectivity index (χ0) is 21.0. The van der Waals surface area contributed by atoms with Crippen molar-refractivity contribution in [1.82, 2.24) is 4.90 Å². The molecular weight excluding hydrogens is 378 g/mol. The molecule has 1 aliphatic rings. The lowest BCUT2D eigenvalue weighted by molar-refractivity contribution is 0.357. The minimum absolute atomic E-state index is 0.143. The first-order chi connectivity index (χ1) is 13.9. The van der Waals surface area contributed by atoms with Gasteiger partial charge in [0.2, 0.25) is 0 Å². The molecule has 154 valence electrons. The van der Waals surface area contributed by atoms with E-state index in [2.05, 4.69) is 49.0 Å². The van der Waals surface area contributed by atoms with Gasteiger partial charge in [0.05, 0.1) is 0 Å². The van der Waals surface area contributed by atoms with E-state index < -0.39 is 0 Å². The third kappa shape index (κ3) is 5.43. The molecule has 29 heavy (non-hydrogen) atoms. The maximum Gasteiger partial charge on any atom is 0.290 e. The number of benzene rings is 2. The second kappa shape index (κ2) is 9.51. The number of amidine groups is 1. The van der Waals surface area contributed by atoms with E-state index in [0.717, 1.165) is 49.2 Å². The Morgan fingerprint density at radius 3 is 2.66 bits per heavy atom. The van der Waals surface area contributed by atoms with Gasteiger partial charge in [-0.1, -0.05) is 25.1 Å². The number of ether oxygens (including phenoxy) is 1. The number of nitrogens with zero attached hydrogens (tertiary/aromatic N) is 2. The first-order valence-corrected chi connectivity index (χ1v) is 10.7. The molecule has 5 heteroatoms. The summed E-state index contributed by atoms with van der Waals surface area (Å²) in [7, 11) is 2.14. The van der Waals surface area contributed by atoms with Gasteiger partial charge in [-0.3, -0.25) is 0 Å². The smallest absolute Gasteiger partial charge is 0.290 e. The Morgan fingerprint density at radius 1 is 1.14 bits per heavy atom. The number of fused-ring (bicyclic) bond motifs is 1. The number of aliphatic imine (C=N–C) groups is 1. The highest BCUT2D eigenvalue weighted by Crippen LogP contribution is 2.25. The van der Waals surface area contributed by atoms with E-state index in [4.69, 9.17) is 22.7 Å². The number of nitrogens with two attached hydrogens (primary N) is 1. The summed E-state index contributed by atoms with van der Waals surface area (Å²) >= 11 is 5.35. The van der Waals surface area contributed by atoms with Crippen LogP contribution in [0.3, 0.4) is 0 Å². The fourth-order valence-electron chi connectivity index (χ4n) is 3.71. The number of aryl methyl sites for hydroxylation is 4. The van der Waals surface area contributed by atoms with Crippen molar-refractivity contribution in [3.05, 3.63) is 63.7 Å². The van der Waals surface area contributed by atoms with Crippen LogP contribution in [0.5, 0.6) is 5.75 Å². The molecule has 0 atom stereocenters. The van der Waals surface area contributed by atoms with Crippen LogP contribution in [0.2, 0.25) is 0 Å². The van der Waals surface area contributed by atoms with Crippen molar-refractivity contribution in [3.8, 4) is 5.75 Å². The molecule has 0 aliphatic heterocycles. The normalized spacial score (nSPS) is 13.6. The predicted molar refractivity (Wildman–Crippen MR) is 125 cm³/mol. The fourth-order valence-corrected chi connectivity index (χ4v) is 3.90. The molecule has 0 saturated heterocycles. The zero-order valence-electron chi connectivity index (χ0n) is 17.9. The molecule has 3 rings (SSSR count). The summed E-state index contributed by atoms with van der Waals surface area (Å²) in [6, 6.07) is 10.5. The van der Waals surface area contributed by atoms with Crippen LogP contribution in [0.15, 0.2) is 35.3 Å². The summed E-state index contributed by atoms with van der Waals surface area (Å²) in [6.07, 6.45) is 4.49. The first-order valence-electron chi connectivity index (χ1n) is 10.3. The van der Waals surface area contributed by atoms with Crippen LogP contribution in [0.25, 0.3) is 0 Å². The predicted octanol–water partition coefficient (Wildman–Crippen LogP) is 4.36. The minimum atomic E-state index is 0.143. The van der Waals surface area contributed by atoms with Gasteiger partial charge in [0.1, 0.15) is 11.6 Å². The Labute approximate surface area is 179 Å². The van der Waals surface area contributed by atoms with Crippen LogP contribution in [-0.4, -0.2) is 36.0 Å². The van der Waals surface area contributed by atoms with Gasteiger partial charge in [-0.25, -0.2) is 0 Å². The molecule has 0 aromatic heterocycles. The maximum absolute atomic E-state index is 6.19. The number of thiocarbonyl (C=S) groups is 1. The minimum Gasteiger partial charge on any atom is -0.430 e. The summed E-state index contributed by atoms with van der Waals surface area (Å²) in [5.41, 5.74) is 13.5. The van der Waals surface area contributed by atoms with E-state index in [1.807, 2.05) is 19.1 Å². The van der Waals surface area contributed by atoms with Crippen LogP contribution in [0.4, 0.5) is 0 Å². The third-order valence-corrected chi connectivity index (χ3v) is 5.91. The fraction of sp³-hybridized carbons (Fsp3) is 0.417. The third-order valence-electron chi connectivity index (χ3n) is 5.74. The van der Waals surface area contributed by atoms with E-state index in [0.29, 0.717) is 5.84 Å². The summed E-state index contributed by atoms with van der Waals surface area (Å²) in [4.78, 5) is 6.64. The van der Waals surface area contributed by atoms with E-state index >= 15 is 0 Å². The average Bonchev–Trinajstić information content (AvgIpc) is 3.16. The van der Waals surface area contributed by atoms with Crippen molar-refractivity contribution in [2.75, 3.05) is 20.1 Å². The lowest BCUT2D eigenvalue weighted by Crippen LogP contribution is -2.20. The molecule has 0 saturated carbocycles. The van der Waals surface area contributed by atoms with Crippen molar-refractivity contribution >= 4 is 23.2 Å². The van der Waals surface area contributed by atoms with Crippen molar-refractivity contribution in [2.45, 2.75) is 46.5 Å². The quantitative estimate of drug-likeness (QED) is 0.438. The van der Waals surface area contributed by atoms with E-state index in [-0.39, 0.29) is 5.17 Å². The Morgan fingerprint density at radius 2 is 1.90 bits per heavy atom. The molecule has 2 aromatic carbocycles. The molecule has 0 spiro atoms. The first kappa shape index (κ1) is 21.5. The molecule has 0 heterocycles. The van der Waals surface area contributed by atoms with Crippen LogP contribution < -0.4 is 10.5 Å². The molecule has 2 N–H and O–H groups in total. The number of hydrogen-bond donors (Lipinski definition) is 1. The molecule has 2 aromatic rings. The molecule has 0 radical (unpaired) electrons. The Bertz CT molecular complexity index is 936. The lowest BCUT2D eigenvalue weighted by Gasteiger charge is -2.16.